The molecule has 1 saturated carbocycles. The molecule has 20 heavy (non-hydrogen) atoms. The maximum Gasteiger partial charge on any atom is 0.157 e. The molecule has 0 saturated heterocycles. The molecule has 2 rings (SSSR count). The summed E-state index contributed by atoms with van der Waals surface area (Å²) in [7, 11) is 3.62. The molecule has 6 heteroatoms. The van der Waals surface area contributed by atoms with Gasteiger partial charge in [0.1, 0.15) is 12.2 Å². The molecule has 1 aliphatic carbocycles. The van der Waals surface area contributed by atoms with Gasteiger partial charge < -0.3 is 19.5 Å². The minimum Gasteiger partial charge on any atom is -0.484 e. The van der Waals surface area contributed by atoms with E-state index in [0.717, 1.165) is 12.2 Å². The summed E-state index contributed by atoms with van der Waals surface area (Å²) in [6.45, 7) is 5.37. The number of methoxy groups -OCH3 is 1. The summed E-state index contributed by atoms with van der Waals surface area (Å²) in [6, 6.07) is 0.685. The first-order valence-electron chi connectivity index (χ1n) is 7.14. The lowest BCUT2D eigenvalue weighted by atomic mass is 9.85. The normalized spacial score (nSPS) is 25.8. The average molecular weight is 283 g/mol. The fourth-order valence-corrected chi connectivity index (χ4v) is 2.31. The third kappa shape index (κ3) is 3.50. The molecular formula is C14H25N3O3. The quantitative estimate of drug-likeness (QED) is 0.727. The van der Waals surface area contributed by atoms with Crippen LogP contribution >= 0.6 is 0 Å². The molecule has 0 aliphatic heterocycles. The van der Waals surface area contributed by atoms with Crippen LogP contribution in [0, 0.1) is 0 Å². The molecule has 3 atom stereocenters. The van der Waals surface area contributed by atoms with Crippen molar-refractivity contribution in [3.05, 3.63) is 12.4 Å². The Hall–Kier alpha value is -1.11. The van der Waals surface area contributed by atoms with Crippen LogP contribution in [0.4, 0.5) is 0 Å². The molecule has 1 aromatic rings. The van der Waals surface area contributed by atoms with Crippen molar-refractivity contribution < 1.29 is 14.2 Å². The molecule has 0 spiro atoms. The fourth-order valence-electron chi connectivity index (χ4n) is 2.31. The van der Waals surface area contributed by atoms with Gasteiger partial charge >= 0.3 is 0 Å². The van der Waals surface area contributed by atoms with Crippen molar-refractivity contribution in [3.8, 4) is 5.75 Å². The summed E-state index contributed by atoms with van der Waals surface area (Å²) in [6.07, 6.45) is 4.79. The fraction of sp³-hybridized carbons (Fsp3) is 0.786. The van der Waals surface area contributed by atoms with E-state index in [4.69, 9.17) is 14.2 Å². The highest BCUT2D eigenvalue weighted by molar-refractivity contribution is 5.14. The zero-order valence-electron chi connectivity index (χ0n) is 12.7. The van der Waals surface area contributed by atoms with Crippen molar-refractivity contribution in [2.24, 2.45) is 0 Å². The maximum atomic E-state index is 5.97. The van der Waals surface area contributed by atoms with E-state index < -0.39 is 0 Å². The molecule has 3 unspecified atom stereocenters. The highest BCUT2D eigenvalue weighted by atomic mass is 16.6. The van der Waals surface area contributed by atoms with Crippen LogP contribution in [0.15, 0.2) is 12.4 Å². The number of hydrogen-bond acceptors (Lipinski definition) is 5. The second-order valence-corrected chi connectivity index (χ2v) is 5.37. The number of nitrogens with one attached hydrogen (secondary N) is 1. The SMILES string of the molecule is CNC1CC(Oc2cnn(C(C)C)c2)C1OCCOC. The third-order valence-electron chi connectivity index (χ3n) is 3.61. The van der Waals surface area contributed by atoms with Gasteiger partial charge in [-0.25, -0.2) is 0 Å². The minimum absolute atomic E-state index is 0.0672. The Labute approximate surface area is 120 Å². The number of hydrogen-bond donors (Lipinski definition) is 1. The van der Waals surface area contributed by atoms with Gasteiger partial charge in [-0.1, -0.05) is 0 Å². The number of ether oxygens (including phenoxy) is 3. The molecule has 1 heterocycles. The van der Waals surface area contributed by atoms with Crippen molar-refractivity contribution in [1.29, 1.82) is 0 Å². The zero-order chi connectivity index (χ0) is 14.5. The predicted octanol–water partition coefficient (Wildman–Crippen LogP) is 1.23. The molecule has 1 aliphatic rings. The molecule has 0 radical (unpaired) electrons. The Bertz CT molecular complexity index is 408. The van der Waals surface area contributed by atoms with Crippen molar-refractivity contribution in [2.45, 2.75) is 44.6 Å². The monoisotopic (exact) mass is 283 g/mol. The van der Waals surface area contributed by atoms with Gasteiger partial charge in [-0.15, -0.1) is 0 Å². The van der Waals surface area contributed by atoms with Crippen LogP contribution < -0.4 is 10.1 Å². The van der Waals surface area contributed by atoms with E-state index in [0.29, 0.717) is 25.3 Å². The molecule has 114 valence electrons. The minimum atomic E-state index is 0.0672. The van der Waals surface area contributed by atoms with Gasteiger partial charge in [-0.05, 0) is 20.9 Å². The lowest BCUT2D eigenvalue weighted by molar-refractivity contribution is -0.114. The lowest BCUT2D eigenvalue weighted by Crippen LogP contribution is -2.60. The van der Waals surface area contributed by atoms with Crippen molar-refractivity contribution in [2.75, 3.05) is 27.4 Å². The van der Waals surface area contributed by atoms with E-state index in [1.54, 1.807) is 13.3 Å². The van der Waals surface area contributed by atoms with Crippen LogP contribution in [0.1, 0.15) is 26.3 Å². The summed E-state index contributed by atoms with van der Waals surface area (Å²) in [5.41, 5.74) is 0. The van der Waals surface area contributed by atoms with Gasteiger partial charge in [-0.3, -0.25) is 4.68 Å². The standard InChI is InChI=1S/C14H25N3O3/c1-10(2)17-9-11(8-16-17)20-13-7-12(15-3)14(13)19-6-5-18-4/h8-10,12-15H,5-7H2,1-4H3. The van der Waals surface area contributed by atoms with E-state index in [-0.39, 0.29) is 12.2 Å². The molecule has 1 aromatic heterocycles. The molecule has 0 bridgehead atoms. The predicted molar refractivity (Wildman–Crippen MR) is 76.1 cm³/mol. The van der Waals surface area contributed by atoms with Crippen LogP contribution in [-0.2, 0) is 9.47 Å². The van der Waals surface area contributed by atoms with E-state index in [1.165, 1.54) is 0 Å². The van der Waals surface area contributed by atoms with Crippen molar-refractivity contribution >= 4 is 0 Å². The third-order valence-corrected chi connectivity index (χ3v) is 3.61. The highest BCUT2D eigenvalue weighted by Crippen LogP contribution is 2.29. The zero-order valence-corrected chi connectivity index (χ0v) is 12.7. The van der Waals surface area contributed by atoms with Crippen LogP contribution in [0.2, 0.25) is 0 Å². The number of likely N-dealkylation sites (N-methyl/N-ethyl adjacent to an activating group) is 1. The molecule has 0 aromatic carbocycles. The number of rotatable bonds is 8. The summed E-state index contributed by atoms with van der Waals surface area (Å²) < 4.78 is 18.7. The van der Waals surface area contributed by atoms with Crippen LogP contribution in [-0.4, -0.2) is 55.4 Å². The van der Waals surface area contributed by atoms with Gasteiger partial charge in [0.25, 0.3) is 0 Å². The summed E-state index contributed by atoms with van der Waals surface area (Å²) in [4.78, 5) is 0. The van der Waals surface area contributed by atoms with Gasteiger partial charge in [0.05, 0.1) is 25.6 Å². The van der Waals surface area contributed by atoms with Crippen LogP contribution in [0.25, 0.3) is 0 Å². The Kier molecular flexibility index (Phi) is 5.39. The Morgan fingerprint density at radius 2 is 2.25 bits per heavy atom. The number of nitrogens with zero attached hydrogens (tertiary/aromatic N) is 2. The van der Waals surface area contributed by atoms with Gasteiger partial charge in [0.2, 0.25) is 0 Å². The topological polar surface area (TPSA) is 57.5 Å². The first-order valence-corrected chi connectivity index (χ1v) is 7.14. The van der Waals surface area contributed by atoms with Crippen LogP contribution in [0.5, 0.6) is 5.75 Å². The Morgan fingerprint density at radius 1 is 1.45 bits per heavy atom. The molecule has 1 N–H and O–H groups in total. The largest absolute Gasteiger partial charge is 0.484 e. The van der Waals surface area contributed by atoms with Gasteiger partial charge in [-0.2, -0.15) is 5.10 Å². The molecule has 1 fully saturated rings. The first-order chi connectivity index (χ1) is 9.65. The number of aromatic nitrogens is 2. The van der Waals surface area contributed by atoms with Crippen molar-refractivity contribution in [3.63, 3.8) is 0 Å². The molecular weight excluding hydrogens is 258 g/mol. The summed E-state index contributed by atoms with van der Waals surface area (Å²) in [5.74, 6) is 0.804. The smallest absolute Gasteiger partial charge is 0.157 e. The van der Waals surface area contributed by atoms with E-state index in [9.17, 15) is 0 Å². The second-order valence-electron chi connectivity index (χ2n) is 5.37. The summed E-state index contributed by atoms with van der Waals surface area (Å²) in [5, 5.41) is 7.53. The Balaban J connectivity index is 1.87. The lowest BCUT2D eigenvalue weighted by Gasteiger charge is -2.43. The first kappa shape index (κ1) is 15.3. The van der Waals surface area contributed by atoms with E-state index in [2.05, 4.69) is 24.3 Å². The highest BCUT2D eigenvalue weighted by Gasteiger charge is 2.43. The Morgan fingerprint density at radius 3 is 2.85 bits per heavy atom. The average Bonchev–Trinajstić information content (AvgIpc) is 2.88. The van der Waals surface area contributed by atoms with E-state index in [1.807, 2.05) is 17.9 Å². The van der Waals surface area contributed by atoms with E-state index >= 15 is 0 Å². The maximum absolute atomic E-state index is 5.97. The van der Waals surface area contributed by atoms with Gasteiger partial charge in [0.15, 0.2) is 5.75 Å². The van der Waals surface area contributed by atoms with Crippen LogP contribution in [0.3, 0.4) is 0 Å². The van der Waals surface area contributed by atoms with Crippen molar-refractivity contribution in [1.82, 2.24) is 15.1 Å². The van der Waals surface area contributed by atoms with Gasteiger partial charge in [0, 0.05) is 25.6 Å². The molecule has 6 nitrogen and oxygen atoms in total. The second kappa shape index (κ2) is 7.06. The molecule has 0 amide bonds. The summed E-state index contributed by atoms with van der Waals surface area (Å²) >= 11 is 0.